The molecule has 0 fully saturated rings. The van der Waals surface area contributed by atoms with Crippen molar-refractivity contribution in [3.8, 4) is 11.5 Å². The van der Waals surface area contributed by atoms with Crippen molar-refractivity contribution in [2.24, 2.45) is 0 Å². The van der Waals surface area contributed by atoms with E-state index >= 15 is 0 Å². The third kappa shape index (κ3) is 5.60. The van der Waals surface area contributed by atoms with Gasteiger partial charge in [-0.05, 0) is 31.2 Å². The van der Waals surface area contributed by atoms with Gasteiger partial charge in [0.05, 0.1) is 4.92 Å². The predicted molar refractivity (Wildman–Crippen MR) is 86.2 cm³/mol. The average Bonchev–Trinajstić information content (AvgIpc) is 2.58. The molecule has 0 saturated carbocycles. The number of nitro benzene ring substituents is 1. The number of rotatable bonds is 8. The maximum atomic E-state index is 11.5. The van der Waals surface area contributed by atoms with E-state index in [-0.39, 0.29) is 25.5 Å². The molecule has 0 aliphatic heterocycles. The molecule has 2 rings (SSSR count). The number of hydrogen-bond donors (Lipinski definition) is 0. The van der Waals surface area contributed by atoms with E-state index in [1.165, 1.54) is 24.3 Å². The van der Waals surface area contributed by atoms with Gasteiger partial charge in [0.1, 0.15) is 24.7 Å². The van der Waals surface area contributed by atoms with Crippen molar-refractivity contribution >= 4 is 11.7 Å². The summed E-state index contributed by atoms with van der Waals surface area (Å²) in [5.41, 5.74) is 1.09. The molecular formula is C17H17NO6. The third-order valence-electron chi connectivity index (χ3n) is 3.04. The first-order valence-corrected chi connectivity index (χ1v) is 7.27. The zero-order valence-corrected chi connectivity index (χ0v) is 13.1. The number of non-ortho nitro benzene ring substituents is 1. The van der Waals surface area contributed by atoms with Crippen LogP contribution in [0.15, 0.2) is 48.5 Å². The van der Waals surface area contributed by atoms with Crippen LogP contribution in [0.3, 0.4) is 0 Å². The summed E-state index contributed by atoms with van der Waals surface area (Å²) < 4.78 is 15.6. The highest BCUT2D eigenvalue weighted by Crippen LogP contribution is 2.17. The Bertz CT molecular complexity index is 681. The summed E-state index contributed by atoms with van der Waals surface area (Å²) in [6, 6.07) is 13.0. The molecule has 0 N–H and O–H groups in total. The van der Waals surface area contributed by atoms with Gasteiger partial charge in [-0.25, -0.2) is 4.79 Å². The lowest BCUT2D eigenvalue weighted by atomic mass is 10.2. The fourth-order valence-electron chi connectivity index (χ4n) is 1.80. The maximum absolute atomic E-state index is 11.5. The lowest BCUT2D eigenvalue weighted by Crippen LogP contribution is -2.18. The Hall–Kier alpha value is -3.09. The Balaban J connectivity index is 1.63. The molecule has 0 unspecified atom stereocenters. The van der Waals surface area contributed by atoms with Crippen LogP contribution in [0.4, 0.5) is 5.69 Å². The summed E-state index contributed by atoms with van der Waals surface area (Å²) >= 11 is 0. The van der Waals surface area contributed by atoms with Crippen LogP contribution in [-0.4, -0.2) is 30.7 Å². The topological polar surface area (TPSA) is 87.9 Å². The Morgan fingerprint density at radius 3 is 2.17 bits per heavy atom. The molecule has 2 aromatic carbocycles. The van der Waals surface area contributed by atoms with E-state index in [1.54, 1.807) is 12.1 Å². The molecule has 2 aromatic rings. The molecule has 0 atom stereocenters. The molecule has 7 nitrogen and oxygen atoms in total. The lowest BCUT2D eigenvalue weighted by molar-refractivity contribution is -0.384. The van der Waals surface area contributed by atoms with Gasteiger partial charge in [-0.15, -0.1) is 0 Å². The summed E-state index contributed by atoms with van der Waals surface area (Å²) in [7, 11) is 0. The molecule has 0 radical (unpaired) electrons. The van der Waals surface area contributed by atoms with Crippen molar-refractivity contribution in [3.63, 3.8) is 0 Å². The normalized spacial score (nSPS) is 10.0. The molecular weight excluding hydrogens is 314 g/mol. The number of aryl methyl sites for hydroxylation is 1. The van der Waals surface area contributed by atoms with Crippen LogP contribution in [0.5, 0.6) is 11.5 Å². The standard InChI is InChI=1S/C17H17NO6/c1-13-2-6-16(7-3-13)24-12-17(19)23-11-10-22-15-8-4-14(5-9-15)18(20)21/h2-9H,10-12H2,1H3. The van der Waals surface area contributed by atoms with Crippen LogP contribution < -0.4 is 9.47 Å². The highest BCUT2D eigenvalue weighted by Gasteiger charge is 2.06. The number of carbonyl (C=O) groups excluding carboxylic acids is 1. The number of carbonyl (C=O) groups is 1. The molecule has 0 saturated heterocycles. The monoisotopic (exact) mass is 331 g/mol. The van der Waals surface area contributed by atoms with Crippen molar-refractivity contribution in [3.05, 3.63) is 64.2 Å². The van der Waals surface area contributed by atoms with E-state index < -0.39 is 10.9 Å². The number of nitrogens with zero attached hydrogens (tertiary/aromatic N) is 1. The molecule has 7 heteroatoms. The first-order valence-electron chi connectivity index (χ1n) is 7.27. The second-order valence-corrected chi connectivity index (χ2v) is 4.92. The Labute approximate surface area is 138 Å². The molecule has 0 bridgehead atoms. The van der Waals surface area contributed by atoms with E-state index in [1.807, 2.05) is 19.1 Å². The highest BCUT2D eigenvalue weighted by atomic mass is 16.6. The van der Waals surface area contributed by atoms with Gasteiger partial charge in [-0.2, -0.15) is 0 Å². The van der Waals surface area contributed by atoms with E-state index in [0.717, 1.165) is 5.56 Å². The van der Waals surface area contributed by atoms with Gasteiger partial charge in [0.15, 0.2) is 6.61 Å². The second kappa shape index (κ2) is 8.52. The Morgan fingerprint density at radius 1 is 0.958 bits per heavy atom. The molecule has 24 heavy (non-hydrogen) atoms. The second-order valence-electron chi connectivity index (χ2n) is 4.92. The van der Waals surface area contributed by atoms with E-state index in [4.69, 9.17) is 14.2 Å². The fraction of sp³-hybridized carbons (Fsp3) is 0.235. The van der Waals surface area contributed by atoms with Crippen molar-refractivity contribution in [1.82, 2.24) is 0 Å². The highest BCUT2D eigenvalue weighted by molar-refractivity contribution is 5.71. The van der Waals surface area contributed by atoms with E-state index in [9.17, 15) is 14.9 Å². The summed E-state index contributed by atoms with van der Waals surface area (Å²) in [6.07, 6.45) is 0. The summed E-state index contributed by atoms with van der Waals surface area (Å²) in [6.45, 7) is 1.99. The number of hydrogen-bond acceptors (Lipinski definition) is 6. The molecule has 0 amide bonds. The van der Waals surface area contributed by atoms with Gasteiger partial charge in [-0.3, -0.25) is 10.1 Å². The largest absolute Gasteiger partial charge is 0.490 e. The zero-order chi connectivity index (χ0) is 17.4. The van der Waals surface area contributed by atoms with Crippen molar-refractivity contribution < 1.29 is 23.9 Å². The van der Waals surface area contributed by atoms with Crippen LogP contribution in [0.1, 0.15) is 5.56 Å². The first kappa shape index (κ1) is 17.3. The molecule has 0 aliphatic carbocycles. The van der Waals surface area contributed by atoms with Gasteiger partial charge in [0.25, 0.3) is 5.69 Å². The van der Waals surface area contributed by atoms with Gasteiger partial charge in [-0.1, -0.05) is 17.7 Å². The summed E-state index contributed by atoms with van der Waals surface area (Å²) in [5, 5.41) is 10.5. The minimum Gasteiger partial charge on any atom is -0.490 e. The van der Waals surface area contributed by atoms with Gasteiger partial charge in [0.2, 0.25) is 0 Å². The summed E-state index contributed by atoms with van der Waals surface area (Å²) in [5.74, 6) is 0.565. The smallest absolute Gasteiger partial charge is 0.344 e. The third-order valence-corrected chi connectivity index (χ3v) is 3.04. The Morgan fingerprint density at radius 2 is 1.54 bits per heavy atom. The fourth-order valence-corrected chi connectivity index (χ4v) is 1.80. The van der Waals surface area contributed by atoms with Crippen molar-refractivity contribution in [2.75, 3.05) is 19.8 Å². The number of benzene rings is 2. The minimum absolute atomic E-state index is 0.0120. The zero-order valence-electron chi connectivity index (χ0n) is 13.1. The molecule has 126 valence electrons. The molecule has 0 aliphatic rings. The maximum Gasteiger partial charge on any atom is 0.344 e. The van der Waals surface area contributed by atoms with E-state index in [2.05, 4.69) is 0 Å². The molecule has 0 heterocycles. The van der Waals surface area contributed by atoms with Crippen LogP contribution in [-0.2, 0) is 9.53 Å². The SMILES string of the molecule is Cc1ccc(OCC(=O)OCCOc2ccc([N+](=O)[O-])cc2)cc1. The molecule has 0 aromatic heterocycles. The van der Waals surface area contributed by atoms with Crippen LogP contribution in [0, 0.1) is 17.0 Å². The predicted octanol–water partition coefficient (Wildman–Crippen LogP) is 2.90. The molecule has 0 spiro atoms. The van der Waals surface area contributed by atoms with Crippen molar-refractivity contribution in [1.29, 1.82) is 0 Å². The quantitative estimate of drug-likeness (QED) is 0.320. The van der Waals surface area contributed by atoms with Gasteiger partial charge < -0.3 is 14.2 Å². The van der Waals surface area contributed by atoms with Gasteiger partial charge >= 0.3 is 5.97 Å². The first-order chi connectivity index (χ1) is 11.5. The van der Waals surface area contributed by atoms with Crippen LogP contribution in [0.2, 0.25) is 0 Å². The number of ether oxygens (including phenoxy) is 3. The number of nitro groups is 1. The summed E-state index contributed by atoms with van der Waals surface area (Å²) in [4.78, 5) is 21.6. The van der Waals surface area contributed by atoms with Crippen LogP contribution >= 0.6 is 0 Å². The minimum atomic E-state index is -0.497. The van der Waals surface area contributed by atoms with Crippen molar-refractivity contribution in [2.45, 2.75) is 6.92 Å². The number of esters is 1. The van der Waals surface area contributed by atoms with E-state index in [0.29, 0.717) is 11.5 Å². The lowest BCUT2D eigenvalue weighted by Gasteiger charge is -2.08. The average molecular weight is 331 g/mol. The van der Waals surface area contributed by atoms with Crippen LogP contribution in [0.25, 0.3) is 0 Å². The van der Waals surface area contributed by atoms with Gasteiger partial charge in [0, 0.05) is 12.1 Å². The Kier molecular flexibility index (Phi) is 6.13.